The van der Waals surface area contributed by atoms with E-state index < -0.39 is 5.60 Å². The Balaban J connectivity index is 1.38. The number of methoxy groups -OCH3 is 1. The van der Waals surface area contributed by atoms with Crippen LogP contribution in [0.4, 0.5) is 0 Å². The van der Waals surface area contributed by atoms with Crippen LogP contribution < -0.4 is 0 Å². The van der Waals surface area contributed by atoms with Crippen LogP contribution in [-0.4, -0.2) is 28.9 Å². The van der Waals surface area contributed by atoms with Crippen LogP contribution in [0.3, 0.4) is 0 Å². The van der Waals surface area contributed by atoms with E-state index in [-0.39, 0.29) is 11.4 Å². The van der Waals surface area contributed by atoms with Crippen molar-refractivity contribution in [3.05, 3.63) is 70.8 Å². The number of carbonyl (C=O) groups is 1. The number of benzene rings is 2. The van der Waals surface area contributed by atoms with Crippen LogP contribution in [0.15, 0.2) is 48.5 Å². The molecule has 0 aliphatic heterocycles. The van der Waals surface area contributed by atoms with Gasteiger partial charge in [-0.1, -0.05) is 37.3 Å². The lowest BCUT2D eigenvalue weighted by Gasteiger charge is -2.52. The molecule has 2 fully saturated rings. The molecule has 4 nitrogen and oxygen atoms in total. The third-order valence-corrected chi connectivity index (χ3v) is 8.81. The van der Waals surface area contributed by atoms with E-state index >= 15 is 0 Å². The van der Waals surface area contributed by atoms with Crippen molar-refractivity contribution in [3.63, 3.8) is 0 Å². The molecule has 0 bridgehead atoms. The van der Waals surface area contributed by atoms with Gasteiger partial charge in [-0.2, -0.15) is 0 Å². The van der Waals surface area contributed by atoms with Gasteiger partial charge in [0.1, 0.15) is 5.75 Å². The fourth-order valence-corrected chi connectivity index (χ4v) is 6.98. The van der Waals surface area contributed by atoms with Gasteiger partial charge in [-0.3, -0.25) is 0 Å². The van der Waals surface area contributed by atoms with Crippen molar-refractivity contribution in [2.45, 2.75) is 57.0 Å². The normalized spacial score (nSPS) is 33.4. The van der Waals surface area contributed by atoms with Crippen LogP contribution in [0.2, 0.25) is 0 Å². The number of carbonyl (C=O) groups excluding carboxylic acids is 1. The highest BCUT2D eigenvalue weighted by molar-refractivity contribution is 5.89. The lowest BCUT2D eigenvalue weighted by molar-refractivity contribution is -0.0705. The highest BCUT2D eigenvalue weighted by Gasteiger charge is 2.60. The Hall–Kier alpha value is -2.59. The number of ether oxygens (including phenoxy) is 1. The van der Waals surface area contributed by atoms with Crippen LogP contribution in [0, 0.1) is 17.3 Å². The fraction of sp³-hybridized carbons (Fsp3) is 0.464. The average Bonchev–Trinajstić information content (AvgIpc) is 3.08. The van der Waals surface area contributed by atoms with Gasteiger partial charge in [0.15, 0.2) is 0 Å². The first-order valence-electron chi connectivity index (χ1n) is 11.8. The molecule has 0 saturated heterocycles. The summed E-state index contributed by atoms with van der Waals surface area (Å²) in [6, 6.07) is 13.2. The summed E-state index contributed by atoms with van der Waals surface area (Å²) in [5, 5.41) is 21.7. The van der Waals surface area contributed by atoms with E-state index in [1.807, 2.05) is 36.4 Å². The molecule has 5 atom stereocenters. The van der Waals surface area contributed by atoms with Crippen LogP contribution in [0.1, 0.15) is 72.0 Å². The van der Waals surface area contributed by atoms with Gasteiger partial charge < -0.3 is 14.9 Å². The van der Waals surface area contributed by atoms with Crippen molar-refractivity contribution in [2.24, 2.45) is 17.3 Å². The third kappa shape index (κ3) is 3.27. The predicted octanol–water partition coefficient (Wildman–Crippen LogP) is 5.48. The van der Waals surface area contributed by atoms with Gasteiger partial charge in [0.25, 0.3) is 0 Å². The average molecular weight is 433 g/mol. The molecule has 0 heterocycles. The van der Waals surface area contributed by atoms with Crippen LogP contribution in [0.25, 0.3) is 6.08 Å². The Kier molecular flexibility index (Phi) is 5.16. The van der Waals surface area contributed by atoms with Crippen LogP contribution in [0.5, 0.6) is 5.75 Å². The Bertz CT molecular complexity index is 1060. The van der Waals surface area contributed by atoms with Gasteiger partial charge in [0, 0.05) is 5.41 Å². The topological polar surface area (TPSA) is 66.8 Å². The van der Waals surface area contributed by atoms with E-state index in [1.165, 1.54) is 18.2 Å². The largest absolute Gasteiger partial charge is 0.508 e. The zero-order chi connectivity index (χ0) is 22.5. The number of rotatable bonds is 3. The molecule has 0 aromatic heterocycles. The minimum Gasteiger partial charge on any atom is -0.508 e. The van der Waals surface area contributed by atoms with Crippen molar-refractivity contribution in [2.75, 3.05) is 7.11 Å². The van der Waals surface area contributed by atoms with E-state index in [1.54, 1.807) is 12.1 Å². The molecular weight excluding hydrogens is 400 g/mol. The maximum absolute atomic E-state index is 11.8. The van der Waals surface area contributed by atoms with Gasteiger partial charge >= 0.3 is 5.97 Å². The smallest absolute Gasteiger partial charge is 0.337 e. The van der Waals surface area contributed by atoms with Crippen molar-refractivity contribution in [1.82, 2.24) is 0 Å². The molecule has 2 saturated carbocycles. The molecule has 2 N–H and O–H groups in total. The SMILES string of the molecule is COC(=O)c1ccc(/C=C/[C@]2(O)CC[C@H]3[C@@H]4CCc5cc(O)ccc5[C@H]4CC[C@@]32C)cc1. The minimum absolute atomic E-state index is 0.134. The Morgan fingerprint density at radius 2 is 1.88 bits per heavy atom. The standard InChI is InChI=1S/C28H32O4/c1-27-14-12-23-22-10-8-21(29)17-20(22)7-9-24(23)25(27)13-16-28(27,31)15-11-18-3-5-19(6-4-18)26(30)32-2/h3-6,8,10-11,15,17,23-25,29,31H,7,9,12-14,16H2,1-2H3/b15-11+/t23-,24-,25+,27+,28+/m1/s1. The number of hydrogen-bond donors (Lipinski definition) is 2. The third-order valence-electron chi connectivity index (χ3n) is 8.81. The Labute approximate surface area is 189 Å². The summed E-state index contributed by atoms with van der Waals surface area (Å²) in [6.45, 7) is 2.29. The maximum Gasteiger partial charge on any atom is 0.337 e. The second-order valence-electron chi connectivity index (χ2n) is 10.2. The molecule has 0 spiro atoms. The van der Waals surface area contributed by atoms with E-state index in [4.69, 9.17) is 4.74 Å². The first-order chi connectivity index (χ1) is 15.3. The number of aryl methyl sites for hydroxylation is 1. The fourth-order valence-electron chi connectivity index (χ4n) is 6.98. The molecule has 5 rings (SSSR count). The summed E-state index contributed by atoms with van der Waals surface area (Å²) in [7, 11) is 1.38. The van der Waals surface area contributed by atoms with Gasteiger partial charge in [0.05, 0.1) is 18.3 Å². The van der Waals surface area contributed by atoms with Crippen LogP contribution in [-0.2, 0) is 11.2 Å². The molecule has 0 unspecified atom stereocenters. The quantitative estimate of drug-likeness (QED) is 0.631. The zero-order valence-electron chi connectivity index (χ0n) is 18.9. The van der Waals surface area contributed by atoms with Crippen molar-refractivity contribution in [3.8, 4) is 5.75 Å². The first-order valence-corrected chi connectivity index (χ1v) is 11.8. The minimum atomic E-state index is -0.821. The zero-order valence-corrected chi connectivity index (χ0v) is 18.9. The molecule has 2 aromatic rings. The summed E-state index contributed by atoms with van der Waals surface area (Å²) >= 11 is 0. The first kappa shape index (κ1) is 21.3. The van der Waals surface area contributed by atoms with Crippen molar-refractivity contribution < 1.29 is 19.7 Å². The Morgan fingerprint density at radius 1 is 1.09 bits per heavy atom. The number of aromatic hydroxyl groups is 1. The molecule has 4 heteroatoms. The number of hydrogen-bond acceptors (Lipinski definition) is 4. The summed E-state index contributed by atoms with van der Waals surface area (Å²) in [4.78, 5) is 11.7. The van der Waals surface area contributed by atoms with E-state index in [9.17, 15) is 15.0 Å². The van der Waals surface area contributed by atoms with Crippen LogP contribution >= 0.6 is 0 Å². The molecular formula is C28H32O4. The number of fused-ring (bicyclic) bond motifs is 5. The number of esters is 1. The highest BCUT2D eigenvalue weighted by Crippen LogP contribution is 2.64. The van der Waals surface area contributed by atoms with Gasteiger partial charge in [-0.05, 0) is 97.2 Å². The summed E-state index contributed by atoms with van der Waals surface area (Å²) < 4.78 is 4.77. The van der Waals surface area contributed by atoms with E-state index in [0.717, 1.165) is 44.1 Å². The molecule has 0 radical (unpaired) electrons. The molecule has 3 aliphatic rings. The number of phenolic OH excluding ortho intramolecular Hbond substituents is 1. The van der Waals surface area contributed by atoms with Gasteiger partial charge in [0.2, 0.25) is 0 Å². The maximum atomic E-state index is 11.8. The Morgan fingerprint density at radius 3 is 2.62 bits per heavy atom. The lowest BCUT2D eigenvalue weighted by Crippen LogP contribution is -2.49. The monoisotopic (exact) mass is 432 g/mol. The molecule has 3 aliphatic carbocycles. The highest BCUT2D eigenvalue weighted by atomic mass is 16.5. The molecule has 0 amide bonds. The van der Waals surface area contributed by atoms with Gasteiger partial charge in [-0.15, -0.1) is 0 Å². The number of phenols is 1. The second kappa shape index (κ2) is 7.77. The van der Waals surface area contributed by atoms with Crippen molar-refractivity contribution in [1.29, 1.82) is 0 Å². The number of aliphatic hydroxyl groups is 1. The molecule has 168 valence electrons. The van der Waals surface area contributed by atoms with E-state index in [2.05, 4.69) is 13.0 Å². The summed E-state index contributed by atoms with van der Waals surface area (Å²) in [6.07, 6.45) is 10.1. The second-order valence-corrected chi connectivity index (χ2v) is 10.2. The van der Waals surface area contributed by atoms with E-state index in [0.29, 0.717) is 29.1 Å². The molecule has 32 heavy (non-hydrogen) atoms. The summed E-state index contributed by atoms with van der Waals surface area (Å²) in [5.74, 6) is 1.65. The predicted molar refractivity (Wildman–Crippen MR) is 124 cm³/mol. The molecule has 2 aromatic carbocycles. The lowest BCUT2D eigenvalue weighted by atomic mass is 9.53. The van der Waals surface area contributed by atoms with Gasteiger partial charge in [-0.25, -0.2) is 4.79 Å². The van der Waals surface area contributed by atoms with Crippen molar-refractivity contribution >= 4 is 12.0 Å². The summed E-state index contributed by atoms with van der Waals surface area (Å²) in [5.41, 5.74) is 3.26.